The Morgan fingerprint density at radius 3 is 2.67 bits per heavy atom. The summed E-state index contributed by atoms with van der Waals surface area (Å²) in [6, 6.07) is 3.53. The van der Waals surface area contributed by atoms with Crippen molar-refractivity contribution >= 4 is 23.5 Å². The van der Waals surface area contributed by atoms with E-state index in [4.69, 9.17) is 11.6 Å². The molecule has 1 aromatic rings. The lowest BCUT2D eigenvalue weighted by atomic mass is 10.2. The lowest BCUT2D eigenvalue weighted by molar-refractivity contribution is -0.124. The van der Waals surface area contributed by atoms with Gasteiger partial charge in [-0.15, -0.1) is 0 Å². The van der Waals surface area contributed by atoms with Crippen LogP contribution in [0.25, 0.3) is 0 Å². The predicted octanol–water partition coefficient (Wildman–Crippen LogP) is 2.16. The van der Waals surface area contributed by atoms with Gasteiger partial charge in [-0.1, -0.05) is 11.6 Å². The van der Waals surface area contributed by atoms with Gasteiger partial charge in [0.05, 0.1) is 5.56 Å². The summed E-state index contributed by atoms with van der Waals surface area (Å²) in [4.78, 5) is 22.7. The summed E-state index contributed by atoms with van der Waals surface area (Å²) >= 11 is 5.55. The van der Waals surface area contributed by atoms with E-state index in [1.54, 1.807) is 13.8 Å². The minimum Gasteiger partial charge on any atom is -0.452 e. The molecule has 0 heterocycles. The molecule has 0 aliphatic rings. The van der Waals surface area contributed by atoms with Crippen molar-refractivity contribution in [3.8, 4) is 0 Å². The number of nitrogens with one attached hydrogen (secondary N) is 1. The first-order chi connectivity index (χ1) is 8.40. The van der Waals surface area contributed by atoms with Crippen LogP contribution in [0.15, 0.2) is 18.2 Å². The Labute approximate surface area is 109 Å². The summed E-state index contributed by atoms with van der Waals surface area (Å²) in [5.41, 5.74) is -0.253. The number of rotatable bonds is 4. The van der Waals surface area contributed by atoms with Crippen LogP contribution in [-0.4, -0.2) is 24.5 Å². The molecule has 0 bridgehead atoms. The van der Waals surface area contributed by atoms with Gasteiger partial charge in [0, 0.05) is 11.1 Å². The first kappa shape index (κ1) is 14.4. The molecule has 0 aliphatic carbocycles. The summed E-state index contributed by atoms with van der Waals surface area (Å²) in [6.45, 7) is 3.11. The van der Waals surface area contributed by atoms with Gasteiger partial charge >= 0.3 is 5.97 Å². The Hall–Kier alpha value is -1.62. The second-order valence-corrected chi connectivity index (χ2v) is 4.36. The first-order valence-electron chi connectivity index (χ1n) is 5.31. The summed E-state index contributed by atoms with van der Waals surface area (Å²) in [5.74, 6) is -2.12. The van der Waals surface area contributed by atoms with E-state index in [2.05, 4.69) is 10.1 Å². The van der Waals surface area contributed by atoms with Crippen LogP contribution in [-0.2, 0) is 9.53 Å². The smallest absolute Gasteiger partial charge is 0.341 e. The van der Waals surface area contributed by atoms with Crippen LogP contribution in [0, 0.1) is 5.82 Å². The highest BCUT2D eigenvalue weighted by Gasteiger charge is 2.15. The normalized spacial score (nSPS) is 10.3. The monoisotopic (exact) mass is 273 g/mol. The number of carbonyl (C=O) groups is 2. The summed E-state index contributed by atoms with van der Waals surface area (Å²) in [5, 5.41) is 2.72. The van der Waals surface area contributed by atoms with Gasteiger partial charge < -0.3 is 10.1 Å². The van der Waals surface area contributed by atoms with Crippen molar-refractivity contribution in [2.24, 2.45) is 0 Å². The Balaban J connectivity index is 2.58. The maximum absolute atomic E-state index is 13.3. The van der Waals surface area contributed by atoms with Crippen LogP contribution in [0.4, 0.5) is 4.39 Å². The van der Waals surface area contributed by atoms with Crippen molar-refractivity contribution in [1.82, 2.24) is 5.32 Å². The molecule has 0 aromatic heterocycles. The lowest BCUT2D eigenvalue weighted by Gasteiger charge is -2.09. The average Bonchev–Trinajstić information content (AvgIpc) is 2.25. The van der Waals surface area contributed by atoms with Gasteiger partial charge in [0.1, 0.15) is 5.82 Å². The quantitative estimate of drug-likeness (QED) is 0.856. The van der Waals surface area contributed by atoms with Gasteiger partial charge in [-0.3, -0.25) is 4.79 Å². The second-order valence-electron chi connectivity index (χ2n) is 3.92. The van der Waals surface area contributed by atoms with Crippen LogP contribution in [0.3, 0.4) is 0 Å². The minimum atomic E-state index is -0.900. The van der Waals surface area contributed by atoms with Gasteiger partial charge in [-0.2, -0.15) is 0 Å². The molecule has 98 valence electrons. The number of halogens is 2. The third-order valence-electron chi connectivity index (χ3n) is 1.94. The number of carbonyl (C=O) groups excluding carboxylic acids is 2. The number of ether oxygens (including phenoxy) is 1. The van der Waals surface area contributed by atoms with Crippen molar-refractivity contribution in [2.45, 2.75) is 19.9 Å². The van der Waals surface area contributed by atoms with Crippen molar-refractivity contribution in [1.29, 1.82) is 0 Å². The Morgan fingerprint density at radius 2 is 2.11 bits per heavy atom. The van der Waals surface area contributed by atoms with E-state index < -0.39 is 24.3 Å². The molecule has 1 aromatic carbocycles. The third kappa shape index (κ3) is 4.33. The molecule has 0 atom stereocenters. The molecule has 0 spiro atoms. The molecule has 0 radical (unpaired) electrons. The zero-order valence-electron chi connectivity index (χ0n) is 10.00. The Bertz CT molecular complexity index is 463. The van der Waals surface area contributed by atoms with Crippen molar-refractivity contribution in [3.05, 3.63) is 34.6 Å². The second kappa shape index (κ2) is 6.35. The molecule has 1 N–H and O–H groups in total. The van der Waals surface area contributed by atoms with Crippen molar-refractivity contribution < 1.29 is 18.7 Å². The van der Waals surface area contributed by atoms with E-state index in [0.717, 1.165) is 6.07 Å². The Kier molecular flexibility index (Phi) is 5.09. The van der Waals surface area contributed by atoms with Gasteiger partial charge in [0.2, 0.25) is 0 Å². The number of hydrogen-bond donors (Lipinski definition) is 1. The fourth-order valence-corrected chi connectivity index (χ4v) is 1.39. The Morgan fingerprint density at radius 1 is 1.44 bits per heavy atom. The standard InChI is InChI=1S/C12H13ClFNO3/c1-7(2)15-11(16)6-18-12(17)9-4-3-8(13)5-10(9)14/h3-5,7H,6H2,1-2H3,(H,15,16). The van der Waals surface area contributed by atoms with Crippen LogP contribution < -0.4 is 5.32 Å². The van der Waals surface area contributed by atoms with Crippen LogP contribution >= 0.6 is 11.6 Å². The molecule has 0 saturated carbocycles. The molecule has 0 aliphatic heterocycles. The van der Waals surface area contributed by atoms with Gasteiger partial charge in [0.15, 0.2) is 6.61 Å². The largest absolute Gasteiger partial charge is 0.452 e. The SMILES string of the molecule is CC(C)NC(=O)COC(=O)c1ccc(Cl)cc1F. The fraction of sp³-hybridized carbons (Fsp3) is 0.333. The molecule has 4 nitrogen and oxygen atoms in total. The number of esters is 1. The molecule has 1 amide bonds. The van der Waals surface area contributed by atoms with Gasteiger partial charge in [-0.05, 0) is 32.0 Å². The maximum Gasteiger partial charge on any atom is 0.341 e. The molecule has 1 rings (SSSR count). The fourth-order valence-electron chi connectivity index (χ4n) is 1.23. The third-order valence-corrected chi connectivity index (χ3v) is 2.17. The van der Waals surface area contributed by atoms with Crippen LogP contribution in [0.5, 0.6) is 0 Å². The molecule has 18 heavy (non-hydrogen) atoms. The van der Waals surface area contributed by atoms with Crippen molar-refractivity contribution in [2.75, 3.05) is 6.61 Å². The summed E-state index contributed by atoms with van der Waals surface area (Å²) < 4.78 is 18.0. The lowest BCUT2D eigenvalue weighted by Crippen LogP contribution is -2.34. The highest BCUT2D eigenvalue weighted by molar-refractivity contribution is 6.30. The van der Waals surface area contributed by atoms with Gasteiger partial charge in [0.25, 0.3) is 5.91 Å². The van der Waals surface area contributed by atoms with E-state index in [0.29, 0.717) is 0 Å². The number of hydrogen-bond acceptors (Lipinski definition) is 3. The molecular formula is C12H13ClFNO3. The van der Waals surface area contributed by atoms with E-state index >= 15 is 0 Å². The predicted molar refractivity (Wildman–Crippen MR) is 65.0 cm³/mol. The van der Waals surface area contributed by atoms with E-state index in [-0.39, 0.29) is 16.6 Å². The van der Waals surface area contributed by atoms with Gasteiger partial charge in [-0.25, -0.2) is 9.18 Å². The molecule has 0 saturated heterocycles. The topological polar surface area (TPSA) is 55.4 Å². The summed E-state index contributed by atoms with van der Waals surface area (Å²) in [6.07, 6.45) is 0. The van der Waals surface area contributed by atoms with Crippen molar-refractivity contribution in [3.63, 3.8) is 0 Å². The molecular weight excluding hydrogens is 261 g/mol. The minimum absolute atomic E-state index is 0.0523. The van der Waals surface area contributed by atoms with E-state index in [1.807, 2.05) is 0 Å². The first-order valence-corrected chi connectivity index (χ1v) is 5.69. The van der Waals surface area contributed by atoms with E-state index in [9.17, 15) is 14.0 Å². The zero-order chi connectivity index (χ0) is 13.7. The number of amides is 1. The molecule has 0 unspecified atom stereocenters. The highest BCUT2D eigenvalue weighted by Crippen LogP contribution is 2.15. The van der Waals surface area contributed by atoms with E-state index in [1.165, 1.54) is 12.1 Å². The number of benzene rings is 1. The molecule has 0 fully saturated rings. The average molecular weight is 274 g/mol. The highest BCUT2D eigenvalue weighted by atomic mass is 35.5. The zero-order valence-corrected chi connectivity index (χ0v) is 10.8. The molecule has 6 heteroatoms. The van der Waals surface area contributed by atoms with Crippen LogP contribution in [0.1, 0.15) is 24.2 Å². The maximum atomic E-state index is 13.3. The summed E-state index contributed by atoms with van der Waals surface area (Å²) in [7, 11) is 0. The van der Waals surface area contributed by atoms with Crippen LogP contribution in [0.2, 0.25) is 5.02 Å².